The number of amides is 1. The average Bonchev–Trinajstić information content (AvgIpc) is 3.17. The van der Waals surface area contributed by atoms with Crippen LogP contribution in [0.2, 0.25) is 5.02 Å². The molecule has 1 aliphatic rings. The second kappa shape index (κ2) is 9.49. The highest BCUT2D eigenvalue weighted by Crippen LogP contribution is 2.43. The van der Waals surface area contributed by atoms with Crippen molar-refractivity contribution in [2.45, 2.75) is 13.5 Å². The maximum atomic E-state index is 11.4. The first-order valence-corrected chi connectivity index (χ1v) is 11.9. The molecule has 0 atom stereocenters. The van der Waals surface area contributed by atoms with Crippen LogP contribution in [0.1, 0.15) is 12.5 Å². The van der Waals surface area contributed by atoms with E-state index in [-0.39, 0.29) is 5.91 Å². The summed E-state index contributed by atoms with van der Waals surface area (Å²) in [6.45, 7) is 6.05. The molecule has 2 aromatic heterocycles. The molecule has 1 amide bonds. The minimum Gasteiger partial charge on any atom is -0.369 e. The number of halogens is 1. The second-order valence-electron chi connectivity index (χ2n) is 8.67. The quantitative estimate of drug-likeness (QED) is 0.444. The number of benzene rings is 2. The van der Waals surface area contributed by atoms with E-state index in [2.05, 4.69) is 61.5 Å². The van der Waals surface area contributed by atoms with Crippen molar-refractivity contribution in [1.29, 1.82) is 0 Å². The molecule has 0 radical (unpaired) electrons. The number of rotatable bonds is 5. The first-order valence-electron chi connectivity index (χ1n) is 11.6. The van der Waals surface area contributed by atoms with Crippen LogP contribution in [0.3, 0.4) is 0 Å². The molecule has 3 heterocycles. The summed E-state index contributed by atoms with van der Waals surface area (Å²) in [5, 5.41) is 7.90. The largest absolute Gasteiger partial charge is 0.369 e. The van der Waals surface area contributed by atoms with E-state index in [0.29, 0.717) is 11.6 Å². The lowest BCUT2D eigenvalue weighted by atomic mass is 9.97. The number of aromatic nitrogens is 2. The van der Waals surface area contributed by atoms with Crippen LogP contribution in [0.5, 0.6) is 0 Å². The minimum absolute atomic E-state index is 0.0481. The number of pyridine rings is 1. The van der Waals surface area contributed by atoms with Crippen molar-refractivity contribution < 1.29 is 4.79 Å². The standard InChI is InChI=1S/C27H28ClN5O/c1-18(34)31-17-19-4-3-5-21(16-19)24-25-23(28)10-11-30-27(25)32(2)26(24)20-6-8-22(9-7-20)33-14-12-29-13-15-33/h3-11,16,29H,12-15,17H2,1-2H3,(H,31,34). The van der Waals surface area contributed by atoms with Gasteiger partial charge >= 0.3 is 0 Å². The van der Waals surface area contributed by atoms with Crippen LogP contribution in [0.15, 0.2) is 60.8 Å². The van der Waals surface area contributed by atoms with Gasteiger partial charge in [-0.3, -0.25) is 4.79 Å². The predicted molar refractivity (Wildman–Crippen MR) is 139 cm³/mol. The van der Waals surface area contributed by atoms with Gasteiger partial charge in [0.25, 0.3) is 0 Å². The molecule has 2 N–H and O–H groups in total. The van der Waals surface area contributed by atoms with Crippen molar-refractivity contribution in [3.05, 3.63) is 71.4 Å². The Balaban J connectivity index is 1.64. The number of nitrogens with zero attached hydrogens (tertiary/aromatic N) is 3. The van der Waals surface area contributed by atoms with Crippen molar-refractivity contribution in [1.82, 2.24) is 20.2 Å². The highest BCUT2D eigenvalue weighted by molar-refractivity contribution is 6.37. The monoisotopic (exact) mass is 473 g/mol. The van der Waals surface area contributed by atoms with Gasteiger partial charge in [0.1, 0.15) is 5.65 Å². The summed E-state index contributed by atoms with van der Waals surface area (Å²) in [5.74, 6) is -0.0481. The molecular weight excluding hydrogens is 446 g/mol. The van der Waals surface area contributed by atoms with Crippen molar-refractivity contribution in [2.75, 3.05) is 31.1 Å². The summed E-state index contributed by atoms with van der Waals surface area (Å²) in [7, 11) is 2.04. The van der Waals surface area contributed by atoms with E-state index >= 15 is 0 Å². The fraction of sp³-hybridized carbons (Fsp3) is 0.259. The summed E-state index contributed by atoms with van der Waals surface area (Å²) in [6, 6.07) is 18.9. The minimum atomic E-state index is -0.0481. The Labute approximate surface area is 204 Å². The van der Waals surface area contributed by atoms with E-state index < -0.39 is 0 Å². The van der Waals surface area contributed by atoms with Crippen LogP contribution in [0.25, 0.3) is 33.4 Å². The molecule has 4 aromatic rings. The molecule has 0 saturated carbocycles. The van der Waals surface area contributed by atoms with Crippen LogP contribution < -0.4 is 15.5 Å². The van der Waals surface area contributed by atoms with E-state index in [0.717, 1.165) is 65.2 Å². The second-order valence-corrected chi connectivity index (χ2v) is 9.08. The number of carbonyl (C=O) groups excluding carboxylic acids is 1. The van der Waals surface area contributed by atoms with Crippen LogP contribution in [0, 0.1) is 0 Å². The van der Waals surface area contributed by atoms with Crippen molar-refractivity contribution >= 4 is 34.2 Å². The van der Waals surface area contributed by atoms with Crippen LogP contribution in [-0.4, -0.2) is 41.6 Å². The number of nitrogens with one attached hydrogen (secondary N) is 2. The van der Waals surface area contributed by atoms with Crippen LogP contribution in [0.4, 0.5) is 5.69 Å². The molecule has 7 heteroatoms. The van der Waals surface area contributed by atoms with E-state index in [1.807, 2.05) is 25.2 Å². The highest BCUT2D eigenvalue weighted by atomic mass is 35.5. The molecule has 1 fully saturated rings. The molecule has 1 saturated heterocycles. The zero-order valence-corrected chi connectivity index (χ0v) is 20.2. The smallest absolute Gasteiger partial charge is 0.217 e. The molecule has 5 rings (SSSR count). The van der Waals surface area contributed by atoms with E-state index in [1.54, 1.807) is 6.20 Å². The lowest BCUT2D eigenvalue weighted by molar-refractivity contribution is -0.119. The fourth-order valence-corrected chi connectivity index (χ4v) is 4.98. The van der Waals surface area contributed by atoms with Gasteiger partial charge in [0, 0.05) is 69.5 Å². The number of hydrogen-bond acceptors (Lipinski definition) is 4. The molecule has 174 valence electrons. The molecule has 1 aliphatic heterocycles. The van der Waals surface area contributed by atoms with E-state index in [1.165, 1.54) is 12.6 Å². The highest BCUT2D eigenvalue weighted by Gasteiger charge is 2.22. The van der Waals surface area contributed by atoms with Gasteiger partial charge in [-0.2, -0.15) is 0 Å². The van der Waals surface area contributed by atoms with E-state index in [4.69, 9.17) is 11.6 Å². The lowest BCUT2D eigenvalue weighted by Gasteiger charge is -2.29. The van der Waals surface area contributed by atoms with E-state index in [9.17, 15) is 4.79 Å². The van der Waals surface area contributed by atoms with Gasteiger partial charge in [0.15, 0.2) is 0 Å². The number of anilines is 1. The Morgan fingerprint density at radius 3 is 2.59 bits per heavy atom. The number of aryl methyl sites for hydroxylation is 1. The summed E-state index contributed by atoms with van der Waals surface area (Å²) in [5.41, 5.74) is 7.39. The Morgan fingerprint density at radius 2 is 1.85 bits per heavy atom. The number of fused-ring (bicyclic) bond motifs is 1. The van der Waals surface area contributed by atoms with Crippen molar-refractivity contribution in [3.63, 3.8) is 0 Å². The molecular formula is C27H28ClN5O. The maximum Gasteiger partial charge on any atom is 0.217 e. The predicted octanol–water partition coefficient (Wildman–Crippen LogP) is 4.61. The van der Waals surface area contributed by atoms with Crippen LogP contribution in [-0.2, 0) is 18.4 Å². The Bertz CT molecular complexity index is 1340. The maximum absolute atomic E-state index is 11.4. The van der Waals surface area contributed by atoms with Gasteiger partial charge in [0.2, 0.25) is 5.91 Å². The first-order chi connectivity index (χ1) is 16.5. The Hall–Kier alpha value is -3.35. The van der Waals surface area contributed by atoms with Gasteiger partial charge in [-0.1, -0.05) is 41.9 Å². The zero-order chi connectivity index (χ0) is 23.7. The zero-order valence-electron chi connectivity index (χ0n) is 19.4. The molecule has 2 aromatic carbocycles. The Kier molecular flexibility index (Phi) is 6.26. The molecule has 0 unspecified atom stereocenters. The third-order valence-corrected chi connectivity index (χ3v) is 6.72. The molecule has 6 nitrogen and oxygen atoms in total. The van der Waals surface area contributed by atoms with Gasteiger partial charge in [-0.05, 0) is 41.0 Å². The van der Waals surface area contributed by atoms with Gasteiger partial charge < -0.3 is 20.1 Å². The normalized spacial score (nSPS) is 13.9. The lowest BCUT2D eigenvalue weighted by Crippen LogP contribution is -2.43. The van der Waals surface area contributed by atoms with Gasteiger partial charge in [-0.25, -0.2) is 4.98 Å². The third kappa shape index (κ3) is 4.27. The average molecular weight is 474 g/mol. The van der Waals surface area contributed by atoms with Crippen LogP contribution >= 0.6 is 11.6 Å². The summed E-state index contributed by atoms with van der Waals surface area (Å²) < 4.78 is 2.12. The van der Waals surface area contributed by atoms with Gasteiger partial charge in [0.05, 0.1) is 10.7 Å². The first kappa shape index (κ1) is 22.4. The summed E-state index contributed by atoms with van der Waals surface area (Å²) in [6.07, 6.45) is 1.75. The number of carbonyl (C=O) groups is 1. The fourth-order valence-electron chi connectivity index (χ4n) is 4.74. The third-order valence-electron chi connectivity index (χ3n) is 6.40. The molecule has 34 heavy (non-hydrogen) atoms. The molecule has 0 aliphatic carbocycles. The molecule has 0 bridgehead atoms. The molecule has 0 spiro atoms. The van der Waals surface area contributed by atoms with Crippen molar-refractivity contribution in [2.24, 2.45) is 7.05 Å². The Morgan fingerprint density at radius 1 is 1.09 bits per heavy atom. The summed E-state index contributed by atoms with van der Waals surface area (Å²) in [4.78, 5) is 18.5. The van der Waals surface area contributed by atoms with Crippen molar-refractivity contribution in [3.8, 4) is 22.4 Å². The number of hydrogen-bond donors (Lipinski definition) is 2. The van der Waals surface area contributed by atoms with Gasteiger partial charge in [-0.15, -0.1) is 0 Å². The topological polar surface area (TPSA) is 62.2 Å². The number of piperazine rings is 1. The SMILES string of the molecule is CC(=O)NCc1cccc(-c2c(-c3ccc(N4CCNCC4)cc3)n(C)c3nccc(Cl)c23)c1. The summed E-state index contributed by atoms with van der Waals surface area (Å²) >= 11 is 6.73.